The molecule has 0 fully saturated rings. The van der Waals surface area contributed by atoms with Crippen molar-refractivity contribution in [2.75, 3.05) is 0 Å². The third-order valence-electron chi connectivity index (χ3n) is 2.23. The summed E-state index contributed by atoms with van der Waals surface area (Å²) in [5.41, 5.74) is 0.414. The highest BCUT2D eigenvalue weighted by atomic mass is 79.9. The van der Waals surface area contributed by atoms with Crippen molar-refractivity contribution >= 4 is 49.7 Å². The van der Waals surface area contributed by atoms with Gasteiger partial charge in [-0.05, 0) is 46.3 Å². The van der Waals surface area contributed by atoms with Crippen molar-refractivity contribution in [1.82, 2.24) is 0 Å². The lowest BCUT2D eigenvalue weighted by Crippen LogP contribution is -1.92. The van der Waals surface area contributed by atoms with Crippen LogP contribution in [0.1, 0.15) is 10.4 Å². The molecular weight excluding hydrogens is 383 g/mol. The molecule has 0 saturated heterocycles. The molecule has 92 valence electrons. The molecule has 0 radical (unpaired) electrons. The fourth-order valence-electron chi connectivity index (χ4n) is 1.39. The molecule has 5 heteroatoms. The van der Waals surface area contributed by atoms with Gasteiger partial charge in [-0.3, -0.25) is 4.79 Å². The number of rotatable bonds is 3. The van der Waals surface area contributed by atoms with E-state index < -0.39 is 0 Å². The average molecular weight is 390 g/mol. The number of aldehydes is 1. The highest BCUT2D eigenvalue weighted by Crippen LogP contribution is 2.36. The van der Waals surface area contributed by atoms with E-state index in [-0.39, 0.29) is 0 Å². The Hall–Kier alpha value is -0.840. The monoisotopic (exact) mass is 388 g/mol. The molecule has 0 aliphatic carbocycles. The van der Waals surface area contributed by atoms with E-state index >= 15 is 0 Å². The Morgan fingerprint density at radius 3 is 2.61 bits per heavy atom. The van der Waals surface area contributed by atoms with E-state index in [1.54, 1.807) is 24.3 Å². The van der Waals surface area contributed by atoms with Crippen LogP contribution >= 0.6 is 43.5 Å². The molecule has 0 amide bonds. The third kappa shape index (κ3) is 2.94. The van der Waals surface area contributed by atoms with E-state index in [1.165, 1.54) is 0 Å². The zero-order valence-corrected chi connectivity index (χ0v) is 12.9. The molecule has 0 spiro atoms. The van der Waals surface area contributed by atoms with Crippen molar-refractivity contribution in [3.63, 3.8) is 0 Å². The van der Waals surface area contributed by atoms with Gasteiger partial charge in [-0.2, -0.15) is 0 Å². The minimum atomic E-state index is 0.359. The minimum absolute atomic E-state index is 0.359. The maximum atomic E-state index is 11.0. The van der Waals surface area contributed by atoms with Crippen LogP contribution in [-0.4, -0.2) is 6.29 Å². The lowest BCUT2D eigenvalue weighted by molar-refractivity contribution is 0.112. The number of carbonyl (C=O) groups is 1. The molecule has 2 rings (SSSR count). The van der Waals surface area contributed by atoms with Crippen molar-refractivity contribution < 1.29 is 9.53 Å². The number of para-hydroxylation sites is 1. The van der Waals surface area contributed by atoms with E-state index in [9.17, 15) is 4.79 Å². The molecule has 0 aliphatic rings. The summed E-state index contributed by atoms with van der Waals surface area (Å²) in [6.07, 6.45) is 0.716. The predicted octanol–water partition coefficient (Wildman–Crippen LogP) is 5.47. The van der Waals surface area contributed by atoms with Crippen molar-refractivity contribution in [2.24, 2.45) is 0 Å². The van der Waals surface area contributed by atoms with Crippen LogP contribution in [0.15, 0.2) is 45.3 Å². The molecule has 18 heavy (non-hydrogen) atoms. The quantitative estimate of drug-likeness (QED) is 0.650. The molecule has 0 aromatic heterocycles. The Morgan fingerprint density at radius 1 is 1.17 bits per heavy atom. The Bertz CT molecular complexity index is 600. The second-order valence-corrected chi connectivity index (χ2v) is 5.63. The van der Waals surface area contributed by atoms with Crippen LogP contribution in [0.4, 0.5) is 0 Å². The van der Waals surface area contributed by atoms with E-state index in [1.807, 2.05) is 12.1 Å². The van der Waals surface area contributed by atoms with Gasteiger partial charge in [0.05, 0.1) is 15.1 Å². The van der Waals surface area contributed by atoms with Gasteiger partial charge in [-0.15, -0.1) is 0 Å². The molecule has 2 nitrogen and oxygen atoms in total. The van der Waals surface area contributed by atoms with E-state index in [4.69, 9.17) is 16.3 Å². The highest BCUT2D eigenvalue weighted by molar-refractivity contribution is 9.11. The van der Waals surface area contributed by atoms with Gasteiger partial charge in [0, 0.05) is 4.47 Å². The second-order valence-electron chi connectivity index (χ2n) is 3.45. The van der Waals surface area contributed by atoms with Crippen LogP contribution in [0, 0.1) is 0 Å². The Morgan fingerprint density at radius 2 is 1.94 bits per heavy atom. The van der Waals surface area contributed by atoms with Gasteiger partial charge >= 0.3 is 0 Å². The first-order valence-electron chi connectivity index (χ1n) is 4.98. The summed E-state index contributed by atoms with van der Waals surface area (Å²) in [5, 5.41) is 0.398. The standard InChI is InChI=1S/C13H7Br2ClO2/c14-9-4-5-12(10(15)6-9)18-13-8(7-17)2-1-3-11(13)16/h1-7H. The Labute approximate surface area is 126 Å². The summed E-state index contributed by atoms with van der Waals surface area (Å²) in [4.78, 5) is 11.0. The van der Waals surface area contributed by atoms with E-state index in [0.717, 1.165) is 8.95 Å². The second kappa shape index (κ2) is 5.87. The maximum Gasteiger partial charge on any atom is 0.156 e. The van der Waals surface area contributed by atoms with Crippen molar-refractivity contribution in [1.29, 1.82) is 0 Å². The van der Waals surface area contributed by atoms with Gasteiger partial charge in [0.25, 0.3) is 0 Å². The maximum absolute atomic E-state index is 11.0. The molecule has 2 aromatic rings. The fourth-order valence-corrected chi connectivity index (χ4v) is 2.74. The normalized spacial score (nSPS) is 10.2. The van der Waals surface area contributed by atoms with Gasteiger partial charge in [0.1, 0.15) is 5.75 Å². The third-order valence-corrected chi connectivity index (χ3v) is 3.64. The topological polar surface area (TPSA) is 26.3 Å². The molecule has 0 unspecified atom stereocenters. The zero-order chi connectivity index (χ0) is 13.1. The predicted molar refractivity (Wildman–Crippen MR) is 78.8 cm³/mol. The molecule has 0 atom stereocenters. The summed E-state index contributed by atoms with van der Waals surface area (Å²) < 4.78 is 7.39. The summed E-state index contributed by atoms with van der Waals surface area (Å²) >= 11 is 12.8. The number of hydrogen-bond donors (Lipinski definition) is 0. The fraction of sp³-hybridized carbons (Fsp3) is 0. The molecule has 0 bridgehead atoms. The summed E-state index contributed by atoms with van der Waals surface area (Å²) in [6.45, 7) is 0. The lowest BCUT2D eigenvalue weighted by atomic mass is 10.2. The van der Waals surface area contributed by atoms with Crippen LogP contribution in [-0.2, 0) is 0 Å². The smallest absolute Gasteiger partial charge is 0.156 e. The molecule has 0 heterocycles. The van der Waals surface area contributed by atoms with Crippen molar-refractivity contribution in [2.45, 2.75) is 0 Å². The van der Waals surface area contributed by atoms with Crippen LogP contribution in [0.25, 0.3) is 0 Å². The molecule has 0 aliphatic heterocycles. The van der Waals surface area contributed by atoms with E-state index in [2.05, 4.69) is 31.9 Å². The van der Waals surface area contributed by atoms with Crippen LogP contribution < -0.4 is 4.74 Å². The SMILES string of the molecule is O=Cc1cccc(Cl)c1Oc1ccc(Br)cc1Br. The number of hydrogen-bond acceptors (Lipinski definition) is 2. The summed E-state index contributed by atoms with van der Waals surface area (Å²) in [6, 6.07) is 10.5. The van der Waals surface area contributed by atoms with Gasteiger partial charge in [-0.25, -0.2) is 0 Å². The minimum Gasteiger partial charge on any atom is -0.454 e. The van der Waals surface area contributed by atoms with Crippen molar-refractivity contribution in [3.05, 3.63) is 55.9 Å². The number of carbonyl (C=O) groups excluding carboxylic acids is 1. The number of benzene rings is 2. The number of halogens is 3. The van der Waals surface area contributed by atoms with E-state index in [0.29, 0.717) is 28.4 Å². The van der Waals surface area contributed by atoms with Crippen LogP contribution in [0.3, 0.4) is 0 Å². The molecular formula is C13H7Br2ClO2. The van der Waals surface area contributed by atoms with Gasteiger partial charge in [0.15, 0.2) is 12.0 Å². The molecule has 2 aromatic carbocycles. The summed E-state index contributed by atoms with van der Waals surface area (Å²) in [7, 11) is 0. The largest absolute Gasteiger partial charge is 0.454 e. The van der Waals surface area contributed by atoms with Gasteiger partial charge in [0.2, 0.25) is 0 Å². The Balaban J connectivity index is 2.42. The van der Waals surface area contributed by atoms with Crippen LogP contribution in [0.2, 0.25) is 5.02 Å². The summed E-state index contributed by atoms with van der Waals surface area (Å²) in [5.74, 6) is 0.951. The highest BCUT2D eigenvalue weighted by Gasteiger charge is 2.11. The lowest BCUT2D eigenvalue weighted by Gasteiger charge is -2.11. The number of ether oxygens (including phenoxy) is 1. The van der Waals surface area contributed by atoms with Crippen LogP contribution in [0.5, 0.6) is 11.5 Å². The first-order valence-corrected chi connectivity index (χ1v) is 6.95. The van der Waals surface area contributed by atoms with Crippen molar-refractivity contribution in [3.8, 4) is 11.5 Å². The zero-order valence-electron chi connectivity index (χ0n) is 8.99. The van der Waals surface area contributed by atoms with Gasteiger partial charge in [-0.1, -0.05) is 33.6 Å². The average Bonchev–Trinajstić information content (AvgIpc) is 2.34. The first-order chi connectivity index (χ1) is 8.61. The molecule has 0 N–H and O–H groups in total. The first kappa shape index (κ1) is 13.6. The Kier molecular flexibility index (Phi) is 4.43. The molecule has 0 saturated carbocycles. The van der Waals surface area contributed by atoms with Gasteiger partial charge < -0.3 is 4.74 Å².